The number of rotatable bonds is 6. The number of hydrogen-bond acceptors (Lipinski definition) is 3. The van der Waals surface area contributed by atoms with E-state index in [4.69, 9.17) is 5.73 Å². The lowest BCUT2D eigenvalue weighted by atomic mass is 10.1. The Morgan fingerprint density at radius 1 is 1.39 bits per heavy atom. The van der Waals surface area contributed by atoms with Crippen LogP contribution in [0.15, 0.2) is 24.3 Å². The van der Waals surface area contributed by atoms with Crippen LogP contribution in [0, 0.1) is 5.92 Å². The highest BCUT2D eigenvalue weighted by Gasteiger charge is 2.26. The van der Waals surface area contributed by atoms with Crippen molar-refractivity contribution in [2.24, 2.45) is 5.92 Å². The number of nitrogens with zero attached hydrogens (tertiary/aromatic N) is 1. The molecule has 1 fully saturated rings. The molecule has 3 N–H and O–H groups in total. The van der Waals surface area contributed by atoms with Gasteiger partial charge in [-0.05, 0) is 50.3 Å². The first-order valence-corrected chi connectivity index (χ1v) is 6.84. The first-order valence-electron chi connectivity index (χ1n) is 6.84. The third-order valence-corrected chi connectivity index (χ3v) is 3.62. The average molecular weight is 248 g/mol. The topological polar surface area (TPSA) is 49.5 Å². The minimum atomic E-state index is -0.449. The van der Waals surface area contributed by atoms with Crippen LogP contribution in [-0.2, 0) is 0 Å². The van der Waals surface area contributed by atoms with Gasteiger partial charge in [-0.1, -0.05) is 12.1 Å². The fourth-order valence-electron chi connectivity index (χ4n) is 2.22. The van der Waals surface area contributed by atoms with Crippen LogP contribution in [0.1, 0.15) is 38.4 Å². The molecule has 1 aromatic rings. The van der Waals surface area contributed by atoms with Crippen LogP contribution in [0.5, 0.6) is 0 Å². The summed E-state index contributed by atoms with van der Waals surface area (Å²) in [4.78, 5) is 2.37. The molecule has 1 aliphatic carbocycles. The van der Waals surface area contributed by atoms with E-state index in [0.717, 1.165) is 18.0 Å². The van der Waals surface area contributed by atoms with Crippen LogP contribution in [0.2, 0.25) is 0 Å². The number of anilines is 1. The zero-order valence-corrected chi connectivity index (χ0v) is 11.3. The van der Waals surface area contributed by atoms with Crippen LogP contribution in [0.25, 0.3) is 0 Å². The second kappa shape index (κ2) is 5.72. The van der Waals surface area contributed by atoms with Gasteiger partial charge in [0.2, 0.25) is 0 Å². The predicted octanol–water partition coefficient (Wildman–Crippen LogP) is 2.42. The number of nitrogens with two attached hydrogens (primary N) is 1. The summed E-state index contributed by atoms with van der Waals surface area (Å²) < 4.78 is 0. The van der Waals surface area contributed by atoms with Crippen molar-refractivity contribution in [1.82, 2.24) is 4.90 Å². The fourth-order valence-corrected chi connectivity index (χ4v) is 2.22. The summed E-state index contributed by atoms with van der Waals surface area (Å²) in [5, 5.41) is 10.3. The molecule has 3 heteroatoms. The highest BCUT2D eigenvalue weighted by molar-refractivity contribution is 5.41. The Morgan fingerprint density at radius 2 is 2.11 bits per heavy atom. The monoisotopic (exact) mass is 248 g/mol. The van der Waals surface area contributed by atoms with Crippen molar-refractivity contribution < 1.29 is 5.11 Å². The fraction of sp³-hybridized carbons (Fsp3) is 0.600. The van der Waals surface area contributed by atoms with Gasteiger partial charge in [0.1, 0.15) is 0 Å². The quantitative estimate of drug-likeness (QED) is 0.760. The number of aliphatic hydroxyl groups is 1. The standard InChI is InChI=1S/C15H24N2O/c1-11(2)17(9-12-6-7-12)10-15(18)13-4-3-5-14(16)8-13/h3-5,8,11-12,15,18H,6-7,9-10,16H2,1-2H3. The first-order chi connectivity index (χ1) is 8.56. The number of hydrogen-bond donors (Lipinski definition) is 2. The van der Waals surface area contributed by atoms with Gasteiger partial charge in [-0.15, -0.1) is 0 Å². The van der Waals surface area contributed by atoms with Gasteiger partial charge in [0, 0.05) is 24.8 Å². The third kappa shape index (κ3) is 3.72. The minimum Gasteiger partial charge on any atom is -0.399 e. The molecule has 0 radical (unpaired) electrons. The molecule has 100 valence electrons. The zero-order valence-electron chi connectivity index (χ0n) is 11.3. The molecule has 0 heterocycles. The van der Waals surface area contributed by atoms with E-state index < -0.39 is 6.10 Å². The largest absolute Gasteiger partial charge is 0.399 e. The summed E-state index contributed by atoms with van der Waals surface area (Å²) in [5.74, 6) is 0.848. The molecule has 2 rings (SSSR count). The average Bonchev–Trinajstić information content (AvgIpc) is 3.12. The van der Waals surface area contributed by atoms with Crippen molar-refractivity contribution in [2.75, 3.05) is 18.8 Å². The van der Waals surface area contributed by atoms with Crippen molar-refractivity contribution in [2.45, 2.75) is 38.8 Å². The van der Waals surface area contributed by atoms with E-state index in [0.29, 0.717) is 18.3 Å². The maximum atomic E-state index is 10.3. The molecular formula is C15H24N2O. The van der Waals surface area contributed by atoms with Crippen molar-refractivity contribution >= 4 is 5.69 Å². The van der Waals surface area contributed by atoms with Gasteiger partial charge in [-0.3, -0.25) is 4.90 Å². The number of benzene rings is 1. The molecule has 1 aromatic carbocycles. The van der Waals surface area contributed by atoms with E-state index >= 15 is 0 Å². The highest BCUT2D eigenvalue weighted by atomic mass is 16.3. The summed E-state index contributed by atoms with van der Waals surface area (Å²) >= 11 is 0. The summed E-state index contributed by atoms with van der Waals surface area (Å²) in [6.07, 6.45) is 2.24. The smallest absolute Gasteiger partial charge is 0.0917 e. The molecule has 1 saturated carbocycles. The Morgan fingerprint density at radius 3 is 2.67 bits per heavy atom. The lowest BCUT2D eigenvalue weighted by Gasteiger charge is -2.29. The van der Waals surface area contributed by atoms with Crippen LogP contribution < -0.4 is 5.73 Å². The molecule has 18 heavy (non-hydrogen) atoms. The molecular weight excluding hydrogens is 224 g/mol. The van der Waals surface area contributed by atoms with E-state index in [1.165, 1.54) is 12.8 Å². The van der Waals surface area contributed by atoms with E-state index in [2.05, 4.69) is 18.7 Å². The van der Waals surface area contributed by atoms with Crippen molar-refractivity contribution in [3.63, 3.8) is 0 Å². The highest BCUT2D eigenvalue weighted by Crippen LogP contribution is 2.31. The van der Waals surface area contributed by atoms with Gasteiger partial charge in [0.05, 0.1) is 6.10 Å². The van der Waals surface area contributed by atoms with Gasteiger partial charge >= 0.3 is 0 Å². The molecule has 1 unspecified atom stereocenters. The van der Waals surface area contributed by atoms with Gasteiger partial charge < -0.3 is 10.8 Å². The Balaban J connectivity index is 1.96. The van der Waals surface area contributed by atoms with Gasteiger partial charge in [0.25, 0.3) is 0 Å². The molecule has 0 amide bonds. The molecule has 0 bridgehead atoms. The first kappa shape index (κ1) is 13.4. The molecule has 0 aliphatic heterocycles. The summed E-state index contributed by atoms with van der Waals surface area (Å²) in [5.41, 5.74) is 7.38. The normalized spacial score (nSPS) is 17.4. The lowest BCUT2D eigenvalue weighted by Crippen LogP contribution is -2.36. The van der Waals surface area contributed by atoms with E-state index in [-0.39, 0.29) is 0 Å². The Labute approximate surface area is 110 Å². The summed E-state index contributed by atoms with van der Waals surface area (Å²) in [6, 6.07) is 8.02. The van der Waals surface area contributed by atoms with E-state index in [1.807, 2.05) is 24.3 Å². The Hall–Kier alpha value is -1.06. The van der Waals surface area contributed by atoms with Crippen LogP contribution >= 0.6 is 0 Å². The molecule has 0 spiro atoms. The predicted molar refractivity (Wildman–Crippen MR) is 75.2 cm³/mol. The van der Waals surface area contributed by atoms with Crippen molar-refractivity contribution in [1.29, 1.82) is 0 Å². The van der Waals surface area contributed by atoms with Crippen molar-refractivity contribution in [3.8, 4) is 0 Å². The van der Waals surface area contributed by atoms with E-state index in [9.17, 15) is 5.11 Å². The summed E-state index contributed by atoms with van der Waals surface area (Å²) in [6.45, 7) is 6.18. The lowest BCUT2D eigenvalue weighted by molar-refractivity contribution is 0.0924. The molecule has 0 aromatic heterocycles. The molecule has 0 saturated heterocycles. The van der Waals surface area contributed by atoms with Gasteiger partial charge in [0.15, 0.2) is 0 Å². The number of nitrogen functional groups attached to an aromatic ring is 1. The zero-order chi connectivity index (χ0) is 13.1. The third-order valence-electron chi connectivity index (χ3n) is 3.62. The van der Waals surface area contributed by atoms with Gasteiger partial charge in [-0.25, -0.2) is 0 Å². The molecule has 3 nitrogen and oxygen atoms in total. The number of aliphatic hydroxyl groups excluding tert-OH is 1. The molecule has 1 aliphatic rings. The van der Waals surface area contributed by atoms with Crippen LogP contribution in [0.3, 0.4) is 0 Å². The maximum Gasteiger partial charge on any atom is 0.0917 e. The van der Waals surface area contributed by atoms with E-state index in [1.54, 1.807) is 0 Å². The SMILES string of the molecule is CC(C)N(CC1CC1)CC(O)c1cccc(N)c1. The van der Waals surface area contributed by atoms with Gasteiger partial charge in [-0.2, -0.15) is 0 Å². The summed E-state index contributed by atoms with van der Waals surface area (Å²) in [7, 11) is 0. The minimum absolute atomic E-state index is 0.449. The van der Waals surface area contributed by atoms with Crippen molar-refractivity contribution in [3.05, 3.63) is 29.8 Å². The molecule has 1 atom stereocenters. The second-order valence-electron chi connectivity index (χ2n) is 5.68. The maximum absolute atomic E-state index is 10.3. The Bertz CT molecular complexity index is 388. The van der Waals surface area contributed by atoms with Crippen LogP contribution in [0.4, 0.5) is 5.69 Å². The second-order valence-corrected chi connectivity index (χ2v) is 5.68. The van der Waals surface area contributed by atoms with Crippen LogP contribution in [-0.4, -0.2) is 29.1 Å². The Kier molecular flexibility index (Phi) is 4.25.